The third-order valence-corrected chi connectivity index (χ3v) is 4.59. The van der Waals surface area contributed by atoms with Crippen molar-refractivity contribution in [1.82, 2.24) is 4.98 Å². The number of rotatable bonds is 4. The normalized spacial score (nSPS) is 11.7. The monoisotopic (exact) mass is 370 g/mol. The molecule has 0 spiro atoms. The molecule has 1 N–H and O–H groups in total. The Bertz CT molecular complexity index is 1020. The molecule has 3 rings (SSSR count). The Balaban J connectivity index is 1.96. The number of benzene rings is 1. The van der Waals surface area contributed by atoms with Crippen molar-refractivity contribution in [1.29, 1.82) is 0 Å². The SMILES string of the molecule is COc1cc2oc(C)c(C)c2cc1/C(C)=C/C(=O)Nc1cccnc1Cl. The van der Waals surface area contributed by atoms with Gasteiger partial charge in [-0.3, -0.25) is 4.79 Å². The number of aromatic nitrogens is 1. The molecule has 134 valence electrons. The Kier molecular flexibility index (Phi) is 5.00. The molecule has 1 aromatic carbocycles. The molecule has 0 aliphatic carbocycles. The van der Waals surface area contributed by atoms with Crippen LogP contribution in [0.2, 0.25) is 5.15 Å². The number of halogens is 1. The van der Waals surface area contributed by atoms with E-state index in [0.29, 0.717) is 11.4 Å². The number of furan rings is 1. The van der Waals surface area contributed by atoms with Crippen LogP contribution >= 0.6 is 11.6 Å². The van der Waals surface area contributed by atoms with E-state index in [-0.39, 0.29) is 11.1 Å². The highest BCUT2D eigenvalue weighted by Gasteiger charge is 2.14. The summed E-state index contributed by atoms with van der Waals surface area (Å²) in [5.41, 5.74) is 3.89. The number of carbonyl (C=O) groups is 1. The van der Waals surface area contributed by atoms with Gasteiger partial charge < -0.3 is 14.5 Å². The van der Waals surface area contributed by atoms with E-state index in [4.69, 9.17) is 20.8 Å². The number of aryl methyl sites for hydroxylation is 2. The molecule has 6 heteroatoms. The van der Waals surface area contributed by atoms with Crippen molar-refractivity contribution in [3.05, 3.63) is 58.6 Å². The number of fused-ring (bicyclic) bond motifs is 1. The van der Waals surface area contributed by atoms with E-state index in [1.807, 2.05) is 32.9 Å². The highest BCUT2D eigenvalue weighted by Crippen LogP contribution is 2.34. The molecule has 2 aromatic heterocycles. The largest absolute Gasteiger partial charge is 0.496 e. The molecule has 0 aliphatic rings. The molecule has 0 unspecified atom stereocenters. The van der Waals surface area contributed by atoms with E-state index in [9.17, 15) is 4.79 Å². The van der Waals surface area contributed by atoms with Crippen LogP contribution in [-0.2, 0) is 4.79 Å². The fourth-order valence-electron chi connectivity index (χ4n) is 2.77. The molecule has 0 saturated heterocycles. The molecule has 3 aromatic rings. The maximum atomic E-state index is 12.3. The van der Waals surface area contributed by atoms with Gasteiger partial charge in [0.05, 0.1) is 12.8 Å². The fourth-order valence-corrected chi connectivity index (χ4v) is 2.94. The Hall–Kier alpha value is -2.79. The number of allylic oxidation sites excluding steroid dienone is 1. The molecule has 26 heavy (non-hydrogen) atoms. The van der Waals surface area contributed by atoms with Crippen LogP contribution in [0.4, 0.5) is 5.69 Å². The first-order valence-electron chi connectivity index (χ1n) is 8.08. The molecule has 0 aliphatic heterocycles. The maximum Gasteiger partial charge on any atom is 0.248 e. The number of ether oxygens (including phenoxy) is 1. The van der Waals surface area contributed by atoms with Gasteiger partial charge in [-0.2, -0.15) is 0 Å². The molecular weight excluding hydrogens is 352 g/mol. The van der Waals surface area contributed by atoms with E-state index >= 15 is 0 Å². The van der Waals surface area contributed by atoms with Gasteiger partial charge >= 0.3 is 0 Å². The summed E-state index contributed by atoms with van der Waals surface area (Å²) in [6.07, 6.45) is 3.07. The third-order valence-electron chi connectivity index (χ3n) is 4.29. The van der Waals surface area contributed by atoms with Gasteiger partial charge in [-0.05, 0) is 50.1 Å². The predicted molar refractivity (Wildman–Crippen MR) is 104 cm³/mol. The highest BCUT2D eigenvalue weighted by atomic mass is 35.5. The highest BCUT2D eigenvalue weighted by molar-refractivity contribution is 6.32. The molecule has 0 bridgehead atoms. The molecule has 1 amide bonds. The summed E-state index contributed by atoms with van der Waals surface area (Å²) >= 11 is 5.98. The van der Waals surface area contributed by atoms with E-state index < -0.39 is 0 Å². The van der Waals surface area contributed by atoms with E-state index in [1.165, 1.54) is 6.08 Å². The standard InChI is InChI=1S/C20H19ClN2O3/c1-11(8-19(24)23-16-6-5-7-22-20(16)21)14-9-15-12(2)13(3)26-18(15)10-17(14)25-4/h5-10H,1-4H3,(H,23,24)/b11-8+. The van der Waals surface area contributed by atoms with Gasteiger partial charge in [-0.25, -0.2) is 4.98 Å². The molecule has 0 fully saturated rings. The number of pyridine rings is 1. The van der Waals surface area contributed by atoms with Gasteiger partial charge in [0, 0.05) is 29.3 Å². The third kappa shape index (κ3) is 3.44. The number of methoxy groups -OCH3 is 1. The van der Waals surface area contributed by atoms with Crippen molar-refractivity contribution < 1.29 is 13.9 Å². The number of amides is 1. The van der Waals surface area contributed by atoms with Crippen LogP contribution in [-0.4, -0.2) is 18.0 Å². The second-order valence-electron chi connectivity index (χ2n) is 5.99. The molecule has 0 atom stereocenters. The smallest absolute Gasteiger partial charge is 0.248 e. The van der Waals surface area contributed by atoms with Crippen LogP contribution < -0.4 is 10.1 Å². The van der Waals surface area contributed by atoms with Gasteiger partial charge in [0.15, 0.2) is 5.15 Å². The zero-order chi connectivity index (χ0) is 18.8. The summed E-state index contributed by atoms with van der Waals surface area (Å²) in [5, 5.41) is 3.98. The number of nitrogens with one attached hydrogen (secondary N) is 1. The summed E-state index contributed by atoms with van der Waals surface area (Å²) in [6, 6.07) is 7.23. The first-order chi connectivity index (χ1) is 12.4. The second kappa shape index (κ2) is 7.22. The van der Waals surface area contributed by atoms with Crippen molar-refractivity contribution in [3.8, 4) is 5.75 Å². The summed E-state index contributed by atoms with van der Waals surface area (Å²) < 4.78 is 11.2. The predicted octanol–water partition coefficient (Wildman–Crippen LogP) is 5.15. The molecule has 5 nitrogen and oxygen atoms in total. The van der Waals surface area contributed by atoms with Crippen LogP contribution in [0, 0.1) is 13.8 Å². The summed E-state index contributed by atoms with van der Waals surface area (Å²) in [4.78, 5) is 16.3. The van der Waals surface area contributed by atoms with E-state index in [1.54, 1.807) is 25.4 Å². The first kappa shape index (κ1) is 18.0. The second-order valence-corrected chi connectivity index (χ2v) is 6.35. The lowest BCUT2D eigenvalue weighted by atomic mass is 10.0. The minimum atomic E-state index is -0.292. The number of nitrogens with zero attached hydrogens (tertiary/aromatic N) is 1. The number of carbonyl (C=O) groups excluding carboxylic acids is 1. The Morgan fingerprint density at radius 3 is 2.81 bits per heavy atom. The molecule has 0 radical (unpaired) electrons. The minimum absolute atomic E-state index is 0.246. The number of anilines is 1. The topological polar surface area (TPSA) is 64.4 Å². The van der Waals surface area contributed by atoms with Gasteiger partial charge in [0.2, 0.25) is 5.91 Å². The maximum absolute atomic E-state index is 12.3. The van der Waals surface area contributed by atoms with Crippen molar-refractivity contribution >= 4 is 39.7 Å². The lowest BCUT2D eigenvalue weighted by molar-refractivity contribution is -0.111. The Morgan fingerprint density at radius 2 is 2.12 bits per heavy atom. The molecule has 0 saturated carbocycles. The Morgan fingerprint density at radius 1 is 1.35 bits per heavy atom. The van der Waals surface area contributed by atoms with Crippen LogP contribution in [0.15, 0.2) is 41.0 Å². The summed E-state index contributed by atoms with van der Waals surface area (Å²) in [7, 11) is 1.59. The zero-order valence-electron chi connectivity index (χ0n) is 15.0. The number of hydrogen-bond acceptors (Lipinski definition) is 4. The van der Waals surface area contributed by atoms with Crippen molar-refractivity contribution in [2.24, 2.45) is 0 Å². The van der Waals surface area contributed by atoms with Crippen LogP contribution in [0.25, 0.3) is 16.5 Å². The lowest BCUT2D eigenvalue weighted by Gasteiger charge is -2.10. The van der Waals surface area contributed by atoms with Crippen LogP contribution in [0.5, 0.6) is 5.75 Å². The molecular formula is C20H19ClN2O3. The molecule has 2 heterocycles. The van der Waals surface area contributed by atoms with E-state index in [2.05, 4.69) is 10.3 Å². The fraction of sp³-hybridized carbons (Fsp3) is 0.200. The van der Waals surface area contributed by atoms with Gasteiger partial charge in [-0.1, -0.05) is 11.6 Å². The minimum Gasteiger partial charge on any atom is -0.496 e. The quantitative estimate of drug-likeness (QED) is 0.509. The van der Waals surface area contributed by atoms with Gasteiger partial charge in [0.1, 0.15) is 17.1 Å². The van der Waals surface area contributed by atoms with Gasteiger partial charge in [-0.15, -0.1) is 0 Å². The van der Waals surface area contributed by atoms with Crippen molar-refractivity contribution in [2.45, 2.75) is 20.8 Å². The zero-order valence-corrected chi connectivity index (χ0v) is 15.8. The Labute approximate surface area is 156 Å². The summed E-state index contributed by atoms with van der Waals surface area (Å²) in [5.74, 6) is 1.22. The average molecular weight is 371 g/mol. The van der Waals surface area contributed by atoms with Gasteiger partial charge in [0.25, 0.3) is 0 Å². The van der Waals surface area contributed by atoms with E-state index in [0.717, 1.165) is 33.4 Å². The first-order valence-corrected chi connectivity index (χ1v) is 8.46. The number of hydrogen-bond donors (Lipinski definition) is 1. The summed E-state index contributed by atoms with van der Waals surface area (Å²) in [6.45, 7) is 5.79. The van der Waals surface area contributed by atoms with Crippen molar-refractivity contribution in [3.63, 3.8) is 0 Å². The van der Waals surface area contributed by atoms with Crippen LogP contribution in [0.1, 0.15) is 23.8 Å². The van der Waals surface area contributed by atoms with Crippen molar-refractivity contribution in [2.75, 3.05) is 12.4 Å². The lowest BCUT2D eigenvalue weighted by Crippen LogP contribution is -2.09. The van der Waals surface area contributed by atoms with Crippen LogP contribution in [0.3, 0.4) is 0 Å². The average Bonchev–Trinajstić information content (AvgIpc) is 2.89.